The zero-order valence-electron chi connectivity index (χ0n) is 12.5. The molecule has 1 aliphatic carbocycles. The van der Waals surface area contributed by atoms with Crippen LogP contribution in [0.2, 0.25) is 0 Å². The summed E-state index contributed by atoms with van der Waals surface area (Å²) in [5.41, 5.74) is 1.16. The highest BCUT2D eigenvalue weighted by atomic mass is 16.5. The second-order valence-electron chi connectivity index (χ2n) is 6.14. The molecule has 0 radical (unpaired) electrons. The normalized spacial score (nSPS) is 25.7. The molecular weight excluding hydrogens is 266 g/mol. The number of benzene rings is 1. The Morgan fingerprint density at radius 2 is 2.05 bits per heavy atom. The summed E-state index contributed by atoms with van der Waals surface area (Å²) in [6, 6.07) is 7.99. The molecule has 4 heteroatoms. The second kappa shape index (κ2) is 6.06. The molecule has 1 aliphatic heterocycles. The Bertz CT molecular complexity index is 509. The highest BCUT2D eigenvalue weighted by Crippen LogP contribution is 2.51. The summed E-state index contributed by atoms with van der Waals surface area (Å²) in [5, 5.41) is 9.17. The van der Waals surface area contributed by atoms with Crippen LogP contribution in [0, 0.1) is 11.8 Å². The Kier molecular flexibility index (Phi) is 4.15. The topological polar surface area (TPSA) is 49.8 Å². The molecule has 0 aromatic heterocycles. The lowest BCUT2D eigenvalue weighted by Crippen LogP contribution is -2.40. The molecular formula is C17H23NO3. The van der Waals surface area contributed by atoms with E-state index in [0.717, 1.165) is 43.7 Å². The molecule has 0 bridgehead atoms. The van der Waals surface area contributed by atoms with Crippen molar-refractivity contribution in [2.75, 3.05) is 26.8 Å². The smallest absolute Gasteiger partial charge is 0.226 e. The largest absolute Gasteiger partial charge is 0.496 e. The molecule has 1 N–H and O–H groups in total. The number of hydrogen-bond donors (Lipinski definition) is 1. The number of likely N-dealkylation sites (tertiary alicyclic amines) is 1. The van der Waals surface area contributed by atoms with Crippen molar-refractivity contribution in [2.24, 2.45) is 11.8 Å². The number of piperidine rings is 1. The molecule has 0 spiro atoms. The lowest BCUT2D eigenvalue weighted by Gasteiger charge is -2.31. The van der Waals surface area contributed by atoms with Gasteiger partial charge in [-0.05, 0) is 42.7 Å². The van der Waals surface area contributed by atoms with Crippen LogP contribution in [0.5, 0.6) is 5.75 Å². The summed E-state index contributed by atoms with van der Waals surface area (Å²) in [5.74, 6) is 1.97. The van der Waals surface area contributed by atoms with E-state index in [4.69, 9.17) is 9.84 Å². The lowest BCUT2D eigenvalue weighted by atomic mass is 9.97. The Labute approximate surface area is 125 Å². The van der Waals surface area contributed by atoms with Gasteiger partial charge in [0.05, 0.1) is 7.11 Å². The van der Waals surface area contributed by atoms with Gasteiger partial charge >= 0.3 is 0 Å². The second-order valence-corrected chi connectivity index (χ2v) is 6.14. The third kappa shape index (κ3) is 2.91. The zero-order chi connectivity index (χ0) is 14.8. The maximum Gasteiger partial charge on any atom is 0.226 e. The number of aliphatic hydroxyl groups excluding tert-OH is 1. The molecule has 1 saturated heterocycles. The first-order valence-electron chi connectivity index (χ1n) is 7.77. The number of aliphatic hydroxyl groups is 1. The maximum absolute atomic E-state index is 12.6. The fraction of sp³-hybridized carbons (Fsp3) is 0.588. The number of rotatable bonds is 4. The van der Waals surface area contributed by atoms with Gasteiger partial charge in [-0.2, -0.15) is 0 Å². The predicted molar refractivity (Wildman–Crippen MR) is 80.2 cm³/mol. The average Bonchev–Trinajstić information content (AvgIpc) is 3.34. The minimum absolute atomic E-state index is 0.118. The van der Waals surface area contributed by atoms with Crippen LogP contribution >= 0.6 is 0 Å². The predicted octanol–water partition coefficient (Wildman–Crippen LogP) is 2.03. The van der Waals surface area contributed by atoms with E-state index in [0.29, 0.717) is 11.8 Å². The third-order valence-corrected chi connectivity index (χ3v) is 4.83. The standard InChI is InChI=1S/C17H23NO3/c1-21-16-5-3-2-4-13(16)14-10-15(14)17(20)18-8-6-12(11-19)7-9-18/h2-5,12,14-15,19H,6-11H2,1H3. The molecule has 2 fully saturated rings. The van der Waals surface area contributed by atoms with Crippen molar-refractivity contribution < 1.29 is 14.6 Å². The quantitative estimate of drug-likeness (QED) is 0.922. The molecule has 1 saturated carbocycles. The van der Waals surface area contributed by atoms with E-state index in [1.54, 1.807) is 7.11 Å². The summed E-state index contributed by atoms with van der Waals surface area (Å²) < 4.78 is 5.40. The van der Waals surface area contributed by atoms with Crippen LogP contribution < -0.4 is 4.74 Å². The van der Waals surface area contributed by atoms with E-state index in [2.05, 4.69) is 6.07 Å². The van der Waals surface area contributed by atoms with Crippen LogP contribution in [0.25, 0.3) is 0 Å². The fourth-order valence-corrected chi connectivity index (χ4v) is 3.35. The van der Waals surface area contributed by atoms with Crippen molar-refractivity contribution in [3.05, 3.63) is 29.8 Å². The van der Waals surface area contributed by atoms with Crippen molar-refractivity contribution in [1.82, 2.24) is 4.90 Å². The van der Waals surface area contributed by atoms with E-state index in [1.807, 2.05) is 23.1 Å². The average molecular weight is 289 g/mol. The Morgan fingerprint density at radius 1 is 1.33 bits per heavy atom. The first-order chi connectivity index (χ1) is 10.2. The number of methoxy groups -OCH3 is 1. The molecule has 4 nitrogen and oxygen atoms in total. The molecule has 1 aromatic rings. The number of carbonyl (C=O) groups is 1. The molecule has 2 atom stereocenters. The Morgan fingerprint density at radius 3 is 2.71 bits per heavy atom. The molecule has 2 aliphatic rings. The summed E-state index contributed by atoms with van der Waals surface area (Å²) in [6.45, 7) is 1.83. The van der Waals surface area contributed by atoms with E-state index in [-0.39, 0.29) is 18.4 Å². The van der Waals surface area contributed by atoms with Gasteiger partial charge in [-0.3, -0.25) is 4.79 Å². The van der Waals surface area contributed by atoms with E-state index < -0.39 is 0 Å². The van der Waals surface area contributed by atoms with Crippen LogP contribution in [0.1, 0.15) is 30.7 Å². The summed E-state index contributed by atoms with van der Waals surface area (Å²) in [4.78, 5) is 14.5. The number of ether oxygens (including phenoxy) is 1. The van der Waals surface area contributed by atoms with Gasteiger partial charge in [-0.1, -0.05) is 18.2 Å². The van der Waals surface area contributed by atoms with Gasteiger partial charge in [0.2, 0.25) is 5.91 Å². The monoisotopic (exact) mass is 289 g/mol. The fourth-order valence-electron chi connectivity index (χ4n) is 3.35. The van der Waals surface area contributed by atoms with Crippen LogP contribution in [-0.2, 0) is 4.79 Å². The zero-order valence-corrected chi connectivity index (χ0v) is 12.5. The van der Waals surface area contributed by atoms with Gasteiger partial charge in [0.15, 0.2) is 0 Å². The molecule has 2 unspecified atom stereocenters. The van der Waals surface area contributed by atoms with Crippen LogP contribution in [0.3, 0.4) is 0 Å². The number of carbonyl (C=O) groups excluding carboxylic acids is 1. The van der Waals surface area contributed by atoms with Crippen LogP contribution in [-0.4, -0.2) is 42.7 Å². The number of para-hydroxylation sites is 1. The maximum atomic E-state index is 12.6. The minimum Gasteiger partial charge on any atom is -0.496 e. The SMILES string of the molecule is COc1ccccc1C1CC1C(=O)N1CCC(CO)CC1. The van der Waals surface area contributed by atoms with Gasteiger partial charge in [0.1, 0.15) is 5.75 Å². The van der Waals surface area contributed by atoms with E-state index in [1.165, 1.54) is 0 Å². The molecule has 1 amide bonds. The molecule has 1 aromatic carbocycles. The van der Waals surface area contributed by atoms with Crippen molar-refractivity contribution >= 4 is 5.91 Å². The highest BCUT2D eigenvalue weighted by Gasteiger charge is 2.47. The Balaban J connectivity index is 1.61. The summed E-state index contributed by atoms with van der Waals surface area (Å²) >= 11 is 0. The van der Waals surface area contributed by atoms with Crippen molar-refractivity contribution in [1.29, 1.82) is 0 Å². The van der Waals surface area contributed by atoms with Crippen molar-refractivity contribution in [3.8, 4) is 5.75 Å². The summed E-state index contributed by atoms with van der Waals surface area (Å²) in [7, 11) is 1.68. The lowest BCUT2D eigenvalue weighted by molar-refractivity contribution is -0.134. The Hall–Kier alpha value is -1.55. The number of nitrogens with zero attached hydrogens (tertiary/aromatic N) is 1. The molecule has 3 rings (SSSR count). The molecule has 114 valence electrons. The first-order valence-corrected chi connectivity index (χ1v) is 7.77. The summed E-state index contributed by atoms with van der Waals surface area (Å²) in [6.07, 6.45) is 2.78. The highest BCUT2D eigenvalue weighted by molar-refractivity contribution is 5.83. The van der Waals surface area contributed by atoms with E-state index in [9.17, 15) is 4.79 Å². The van der Waals surface area contributed by atoms with Gasteiger partial charge in [-0.15, -0.1) is 0 Å². The van der Waals surface area contributed by atoms with Gasteiger partial charge in [0.25, 0.3) is 0 Å². The molecule has 21 heavy (non-hydrogen) atoms. The first kappa shape index (κ1) is 14.4. The third-order valence-electron chi connectivity index (χ3n) is 4.83. The van der Waals surface area contributed by atoms with Crippen LogP contribution in [0.15, 0.2) is 24.3 Å². The molecule has 1 heterocycles. The van der Waals surface area contributed by atoms with Crippen molar-refractivity contribution in [2.45, 2.75) is 25.2 Å². The van der Waals surface area contributed by atoms with E-state index >= 15 is 0 Å². The van der Waals surface area contributed by atoms with Gasteiger partial charge in [0, 0.05) is 25.6 Å². The van der Waals surface area contributed by atoms with Gasteiger partial charge < -0.3 is 14.7 Å². The van der Waals surface area contributed by atoms with Crippen LogP contribution in [0.4, 0.5) is 0 Å². The number of hydrogen-bond acceptors (Lipinski definition) is 3. The van der Waals surface area contributed by atoms with Gasteiger partial charge in [-0.25, -0.2) is 0 Å². The van der Waals surface area contributed by atoms with Crippen molar-refractivity contribution in [3.63, 3.8) is 0 Å². The minimum atomic E-state index is 0.118. The number of amides is 1.